The Morgan fingerprint density at radius 1 is 1.16 bits per heavy atom. The summed E-state index contributed by atoms with van der Waals surface area (Å²) in [6.07, 6.45) is 2.10. The van der Waals surface area contributed by atoms with Crippen molar-refractivity contribution in [2.24, 2.45) is 5.92 Å². The first-order valence-electron chi connectivity index (χ1n) is 10.5. The maximum atomic E-state index is 12.6. The van der Waals surface area contributed by atoms with E-state index < -0.39 is 6.10 Å². The van der Waals surface area contributed by atoms with E-state index in [4.69, 9.17) is 4.74 Å². The van der Waals surface area contributed by atoms with Crippen molar-refractivity contribution in [2.45, 2.75) is 39.7 Å². The number of ether oxygens (including phenoxy) is 1. The molecule has 1 saturated heterocycles. The zero-order valence-electron chi connectivity index (χ0n) is 17.9. The molecule has 0 aliphatic carbocycles. The van der Waals surface area contributed by atoms with Crippen LogP contribution in [0.25, 0.3) is 10.2 Å². The largest absolute Gasteiger partial charge is 0.452 e. The predicted molar refractivity (Wildman–Crippen MR) is 122 cm³/mol. The van der Waals surface area contributed by atoms with Gasteiger partial charge in [-0.15, -0.1) is 11.3 Å². The summed E-state index contributed by atoms with van der Waals surface area (Å²) in [6, 6.07) is 9.14. The number of anilines is 2. The summed E-state index contributed by atoms with van der Waals surface area (Å²) >= 11 is 1.68. The van der Waals surface area contributed by atoms with E-state index in [-0.39, 0.29) is 17.8 Å². The Morgan fingerprint density at radius 3 is 2.58 bits per heavy atom. The molecule has 2 aromatic heterocycles. The van der Waals surface area contributed by atoms with Crippen molar-refractivity contribution < 1.29 is 14.3 Å². The van der Waals surface area contributed by atoms with E-state index in [1.165, 1.54) is 10.4 Å². The Labute approximate surface area is 185 Å². The summed E-state index contributed by atoms with van der Waals surface area (Å²) in [5, 5.41) is 3.87. The van der Waals surface area contributed by atoms with Crippen molar-refractivity contribution in [2.75, 3.05) is 23.3 Å². The molecule has 1 aliphatic heterocycles. The number of aryl methyl sites for hydroxylation is 2. The first-order valence-corrected chi connectivity index (χ1v) is 11.3. The number of carbonyl (C=O) groups excluding carboxylic acids is 2. The van der Waals surface area contributed by atoms with Crippen LogP contribution >= 0.6 is 11.3 Å². The smallest absolute Gasteiger partial charge is 0.309 e. The fourth-order valence-electron chi connectivity index (χ4n) is 3.82. The lowest BCUT2D eigenvalue weighted by Crippen LogP contribution is -2.39. The second-order valence-corrected chi connectivity index (χ2v) is 9.06. The van der Waals surface area contributed by atoms with Gasteiger partial charge in [-0.05, 0) is 51.3 Å². The first kappa shape index (κ1) is 21.2. The maximum absolute atomic E-state index is 12.6. The van der Waals surface area contributed by atoms with Gasteiger partial charge in [0.05, 0.1) is 11.3 Å². The molecule has 8 heteroatoms. The third-order valence-corrected chi connectivity index (χ3v) is 6.89. The molecule has 0 saturated carbocycles. The highest BCUT2D eigenvalue weighted by atomic mass is 32.1. The van der Waals surface area contributed by atoms with E-state index >= 15 is 0 Å². The molecule has 1 amide bonds. The molecule has 1 N–H and O–H groups in total. The summed E-state index contributed by atoms with van der Waals surface area (Å²) in [4.78, 5) is 38.4. The Hall–Kier alpha value is -3.00. The Balaban J connectivity index is 1.34. The van der Waals surface area contributed by atoms with Gasteiger partial charge >= 0.3 is 5.97 Å². The summed E-state index contributed by atoms with van der Waals surface area (Å²) < 4.78 is 5.46. The number of amides is 1. The van der Waals surface area contributed by atoms with E-state index in [9.17, 15) is 9.59 Å². The van der Waals surface area contributed by atoms with Gasteiger partial charge in [0, 0.05) is 23.7 Å². The van der Waals surface area contributed by atoms with Gasteiger partial charge < -0.3 is 15.0 Å². The number of carbonyl (C=O) groups is 2. The minimum Gasteiger partial charge on any atom is -0.452 e. The normalized spacial score (nSPS) is 15.6. The van der Waals surface area contributed by atoms with Crippen LogP contribution in [0.15, 0.2) is 36.7 Å². The number of aromatic nitrogens is 2. The molecule has 1 unspecified atom stereocenters. The fourth-order valence-corrected chi connectivity index (χ4v) is 4.81. The van der Waals surface area contributed by atoms with Gasteiger partial charge in [0.15, 0.2) is 6.10 Å². The molecule has 1 aliphatic rings. The van der Waals surface area contributed by atoms with Crippen LogP contribution in [0.1, 0.15) is 30.2 Å². The number of piperidine rings is 1. The van der Waals surface area contributed by atoms with Crippen LogP contribution in [0.5, 0.6) is 0 Å². The minimum atomic E-state index is -0.844. The lowest BCUT2D eigenvalue weighted by atomic mass is 9.96. The number of esters is 1. The first-order chi connectivity index (χ1) is 14.9. The molecule has 7 nitrogen and oxygen atoms in total. The van der Waals surface area contributed by atoms with Gasteiger partial charge in [0.1, 0.15) is 17.0 Å². The van der Waals surface area contributed by atoms with Gasteiger partial charge in [-0.2, -0.15) is 0 Å². The SMILES string of the molecule is Cc1sc2ncnc(N3CCC(C(=O)OC(C)C(=O)Nc4ccccc4)CC3)c2c1C. The number of hydrogen-bond acceptors (Lipinski definition) is 7. The van der Waals surface area contributed by atoms with Crippen LogP contribution in [-0.2, 0) is 14.3 Å². The molecular formula is C23H26N4O3S. The second kappa shape index (κ2) is 9.01. The van der Waals surface area contributed by atoms with Gasteiger partial charge in [0.2, 0.25) is 0 Å². The minimum absolute atomic E-state index is 0.217. The quantitative estimate of drug-likeness (QED) is 0.604. The monoisotopic (exact) mass is 438 g/mol. The van der Waals surface area contributed by atoms with E-state index in [1.807, 2.05) is 18.2 Å². The number of thiophene rings is 1. The number of benzene rings is 1. The van der Waals surface area contributed by atoms with Crippen LogP contribution < -0.4 is 10.2 Å². The van der Waals surface area contributed by atoms with E-state index in [0.29, 0.717) is 31.6 Å². The van der Waals surface area contributed by atoms with Gasteiger partial charge in [-0.1, -0.05) is 18.2 Å². The third-order valence-electron chi connectivity index (χ3n) is 5.78. The molecule has 0 spiro atoms. The van der Waals surface area contributed by atoms with Crippen molar-refractivity contribution in [3.63, 3.8) is 0 Å². The number of nitrogens with zero attached hydrogens (tertiary/aromatic N) is 3. The van der Waals surface area contributed by atoms with Crippen molar-refractivity contribution >= 4 is 44.9 Å². The van der Waals surface area contributed by atoms with Crippen molar-refractivity contribution in [1.29, 1.82) is 0 Å². The molecular weight excluding hydrogens is 412 g/mol. The molecule has 31 heavy (non-hydrogen) atoms. The van der Waals surface area contributed by atoms with Crippen molar-refractivity contribution in [3.05, 3.63) is 47.1 Å². The molecule has 1 aromatic carbocycles. The van der Waals surface area contributed by atoms with Gasteiger partial charge in [-0.3, -0.25) is 9.59 Å². The zero-order valence-corrected chi connectivity index (χ0v) is 18.7. The number of rotatable bonds is 5. The molecule has 1 fully saturated rings. The van der Waals surface area contributed by atoms with Crippen LogP contribution in [0.2, 0.25) is 0 Å². The molecule has 162 valence electrons. The average molecular weight is 439 g/mol. The molecule has 3 aromatic rings. The molecule has 0 bridgehead atoms. The molecule has 0 radical (unpaired) electrons. The third kappa shape index (κ3) is 4.54. The van der Waals surface area contributed by atoms with E-state index in [0.717, 1.165) is 16.0 Å². The molecule has 1 atom stereocenters. The zero-order chi connectivity index (χ0) is 22.0. The number of fused-ring (bicyclic) bond motifs is 1. The Bertz CT molecular complexity index is 1090. The highest BCUT2D eigenvalue weighted by Crippen LogP contribution is 2.35. The fraction of sp³-hybridized carbons (Fsp3) is 0.391. The van der Waals surface area contributed by atoms with Gasteiger partial charge in [0.25, 0.3) is 5.91 Å². The van der Waals surface area contributed by atoms with E-state index in [1.54, 1.807) is 36.7 Å². The average Bonchev–Trinajstić information content (AvgIpc) is 3.08. The Morgan fingerprint density at radius 2 is 1.87 bits per heavy atom. The summed E-state index contributed by atoms with van der Waals surface area (Å²) in [6.45, 7) is 7.23. The molecule has 4 rings (SSSR count). The highest BCUT2D eigenvalue weighted by molar-refractivity contribution is 7.18. The van der Waals surface area contributed by atoms with Crippen molar-refractivity contribution in [3.8, 4) is 0 Å². The summed E-state index contributed by atoms with van der Waals surface area (Å²) in [5.41, 5.74) is 1.90. The number of para-hydroxylation sites is 1. The highest BCUT2D eigenvalue weighted by Gasteiger charge is 2.30. The lowest BCUT2D eigenvalue weighted by molar-refractivity contribution is -0.157. The van der Waals surface area contributed by atoms with Crippen LogP contribution in [0.3, 0.4) is 0 Å². The maximum Gasteiger partial charge on any atom is 0.309 e. The number of nitrogens with one attached hydrogen (secondary N) is 1. The van der Waals surface area contributed by atoms with Crippen molar-refractivity contribution in [1.82, 2.24) is 9.97 Å². The number of hydrogen-bond donors (Lipinski definition) is 1. The summed E-state index contributed by atoms with van der Waals surface area (Å²) in [7, 11) is 0. The lowest BCUT2D eigenvalue weighted by Gasteiger charge is -2.32. The van der Waals surface area contributed by atoms with E-state index in [2.05, 4.69) is 34.0 Å². The van der Waals surface area contributed by atoms with Crippen LogP contribution in [0.4, 0.5) is 11.5 Å². The van der Waals surface area contributed by atoms with Gasteiger partial charge in [-0.25, -0.2) is 9.97 Å². The van der Waals surface area contributed by atoms with Crippen LogP contribution in [0, 0.1) is 19.8 Å². The summed E-state index contributed by atoms with van der Waals surface area (Å²) in [5.74, 6) is 0.0783. The topological polar surface area (TPSA) is 84.4 Å². The Kier molecular flexibility index (Phi) is 6.18. The van der Waals surface area contributed by atoms with Crippen LogP contribution in [-0.4, -0.2) is 41.0 Å². The standard InChI is InChI=1S/C23H26N4O3S/c1-14-16(3)31-22-19(14)20(24-13-25-22)27-11-9-17(10-12-27)23(29)30-15(2)21(28)26-18-7-5-4-6-8-18/h4-8,13,15,17H,9-12H2,1-3H3,(H,26,28). The predicted octanol–water partition coefficient (Wildman–Crippen LogP) is 4.09. The second-order valence-electron chi connectivity index (χ2n) is 7.86. The molecule has 3 heterocycles.